The maximum Gasteiger partial charge on any atom is 0.243 e. The molecule has 0 aromatic rings. The smallest absolute Gasteiger partial charge is 0.243 e. The van der Waals surface area contributed by atoms with E-state index in [4.69, 9.17) is 0 Å². The fraction of sp³-hybridized carbons (Fsp3) is 0.727. The highest BCUT2D eigenvalue weighted by atomic mass is 19.1. The van der Waals surface area contributed by atoms with Crippen LogP contribution < -0.4 is 5.32 Å². The summed E-state index contributed by atoms with van der Waals surface area (Å²) in [5.74, 6) is -0.127. The summed E-state index contributed by atoms with van der Waals surface area (Å²) in [6, 6.07) is 0. The topological polar surface area (TPSA) is 29.1 Å². The Bertz CT molecular complexity index is 250. The molecule has 1 N–H and O–H groups in total. The fourth-order valence-corrected chi connectivity index (χ4v) is 2.64. The van der Waals surface area contributed by atoms with Crippen LogP contribution in [0.1, 0.15) is 38.5 Å². The van der Waals surface area contributed by atoms with Gasteiger partial charge in [0.2, 0.25) is 5.91 Å². The SMILES string of the molecule is C=CC(=O)NC12CCC(F)(CC1)CC2. The zero-order valence-electron chi connectivity index (χ0n) is 8.31. The van der Waals surface area contributed by atoms with Crippen LogP contribution in [0.15, 0.2) is 12.7 Å². The Morgan fingerprint density at radius 3 is 2.14 bits per heavy atom. The van der Waals surface area contributed by atoms with Crippen molar-refractivity contribution in [1.82, 2.24) is 5.32 Å². The highest BCUT2D eigenvalue weighted by Gasteiger charge is 2.49. The maximum absolute atomic E-state index is 13.8. The standard InChI is InChI=1S/C11H16FNO/c1-2-9(14)13-11-6-3-10(12,4-7-11)5-8-11/h2H,1,3-8H2,(H,13,14). The van der Waals surface area contributed by atoms with Gasteiger partial charge in [-0.25, -0.2) is 4.39 Å². The number of rotatable bonds is 2. The molecule has 0 aliphatic heterocycles. The molecule has 1 amide bonds. The Morgan fingerprint density at radius 2 is 1.71 bits per heavy atom. The number of nitrogens with one attached hydrogen (secondary N) is 1. The van der Waals surface area contributed by atoms with Gasteiger partial charge >= 0.3 is 0 Å². The van der Waals surface area contributed by atoms with E-state index in [1.165, 1.54) is 6.08 Å². The van der Waals surface area contributed by atoms with Gasteiger partial charge in [-0.05, 0) is 44.6 Å². The fourth-order valence-electron chi connectivity index (χ4n) is 2.64. The first-order valence-corrected chi connectivity index (χ1v) is 5.21. The molecule has 0 aromatic heterocycles. The van der Waals surface area contributed by atoms with Gasteiger partial charge in [-0.2, -0.15) is 0 Å². The Kier molecular flexibility index (Phi) is 2.13. The first kappa shape index (κ1) is 9.69. The Hall–Kier alpha value is -0.860. The van der Waals surface area contributed by atoms with E-state index in [0.29, 0.717) is 19.3 Å². The Morgan fingerprint density at radius 1 is 1.21 bits per heavy atom. The van der Waals surface area contributed by atoms with E-state index >= 15 is 0 Å². The van der Waals surface area contributed by atoms with Crippen LogP contribution in [0, 0.1) is 0 Å². The lowest BCUT2D eigenvalue weighted by atomic mass is 9.64. The minimum Gasteiger partial charge on any atom is -0.347 e. The highest BCUT2D eigenvalue weighted by Crippen LogP contribution is 2.48. The van der Waals surface area contributed by atoms with E-state index in [2.05, 4.69) is 11.9 Å². The van der Waals surface area contributed by atoms with Crippen molar-refractivity contribution < 1.29 is 9.18 Å². The summed E-state index contributed by atoms with van der Waals surface area (Å²) in [6.07, 6.45) is 5.44. The monoisotopic (exact) mass is 197 g/mol. The largest absolute Gasteiger partial charge is 0.347 e. The average Bonchev–Trinajstić information content (AvgIpc) is 2.20. The first-order chi connectivity index (χ1) is 6.58. The molecule has 3 fully saturated rings. The minimum atomic E-state index is -0.930. The first-order valence-electron chi connectivity index (χ1n) is 5.21. The number of carbonyl (C=O) groups is 1. The predicted molar refractivity (Wildman–Crippen MR) is 52.6 cm³/mol. The van der Waals surface area contributed by atoms with Crippen molar-refractivity contribution in [3.8, 4) is 0 Å². The van der Waals surface area contributed by atoms with Crippen molar-refractivity contribution in [2.75, 3.05) is 0 Å². The van der Waals surface area contributed by atoms with Crippen LogP contribution in [0.3, 0.4) is 0 Å². The summed E-state index contributed by atoms with van der Waals surface area (Å²) in [5.41, 5.74) is -1.06. The van der Waals surface area contributed by atoms with Crippen molar-refractivity contribution in [3.05, 3.63) is 12.7 Å². The minimum absolute atomic E-state index is 0.126. The lowest BCUT2D eigenvalue weighted by Gasteiger charge is -2.49. The van der Waals surface area contributed by atoms with Crippen LogP contribution in [0.4, 0.5) is 4.39 Å². The van der Waals surface area contributed by atoms with Crippen LogP contribution >= 0.6 is 0 Å². The third-order valence-corrected chi connectivity index (χ3v) is 3.73. The molecule has 3 rings (SSSR count). The third-order valence-electron chi connectivity index (χ3n) is 3.73. The lowest BCUT2D eigenvalue weighted by molar-refractivity contribution is -0.121. The van der Waals surface area contributed by atoms with E-state index in [-0.39, 0.29) is 11.4 Å². The van der Waals surface area contributed by atoms with Gasteiger partial charge in [0.15, 0.2) is 0 Å². The number of hydrogen-bond acceptors (Lipinski definition) is 1. The molecule has 2 bridgehead atoms. The molecule has 3 aliphatic carbocycles. The van der Waals surface area contributed by atoms with E-state index in [0.717, 1.165) is 19.3 Å². The molecule has 14 heavy (non-hydrogen) atoms. The molecular weight excluding hydrogens is 181 g/mol. The van der Waals surface area contributed by atoms with E-state index < -0.39 is 5.67 Å². The summed E-state index contributed by atoms with van der Waals surface area (Å²) in [5, 5.41) is 2.96. The second kappa shape index (κ2) is 3.07. The van der Waals surface area contributed by atoms with Crippen LogP contribution in [-0.2, 0) is 4.79 Å². The molecule has 0 atom stereocenters. The molecule has 0 heterocycles. The Balaban J connectivity index is 2.05. The maximum atomic E-state index is 13.8. The molecule has 0 spiro atoms. The number of alkyl halides is 1. The van der Waals surface area contributed by atoms with Gasteiger partial charge in [-0.3, -0.25) is 4.79 Å². The molecule has 0 unspecified atom stereocenters. The molecule has 0 saturated heterocycles. The second-order valence-electron chi connectivity index (χ2n) is 4.62. The van der Waals surface area contributed by atoms with Crippen LogP contribution in [0.5, 0.6) is 0 Å². The number of halogens is 1. The van der Waals surface area contributed by atoms with Gasteiger partial charge in [-0.15, -0.1) is 0 Å². The van der Waals surface area contributed by atoms with Crippen molar-refractivity contribution in [1.29, 1.82) is 0 Å². The molecule has 78 valence electrons. The summed E-state index contributed by atoms with van der Waals surface area (Å²) in [7, 11) is 0. The summed E-state index contributed by atoms with van der Waals surface area (Å²) in [6.45, 7) is 3.43. The number of amides is 1. The van der Waals surface area contributed by atoms with E-state index in [1.807, 2.05) is 0 Å². The van der Waals surface area contributed by atoms with Crippen molar-refractivity contribution >= 4 is 5.91 Å². The van der Waals surface area contributed by atoms with Gasteiger partial charge in [0.05, 0.1) is 0 Å². The van der Waals surface area contributed by atoms with Crippen molar-refractivity contribution in [2.45, 2.75) is 49.7 Å². The van der Waals surface area contributed by atoms with Gasteiger partial charge < -0.3 is 5.32 Å². The molecular formula is C11H16FNO. The molecule has 3 saturated carbocycles. The number of fused-ring (bicyclic) bond motifs is 3. The molecule has 3 heteroatoms. The molecule has 2 nitrogen and oxygen atoms in total. The average molecular weight is 197 g/mol. The second-order valence-corrected chi connectivity index (χ2v) is 4.62. The molecule has 0 aromatic carbocycles. The predicted octanol–water partition coefficient (Wildman–Crippen LogP) is 2.10. The zero-order valence-corrected chi connectivity index (χ0v) is 8.31. The number of carbonyl (C=O) groups excluding carboxylic acids is 1. The molecule has 0 radical (unpaired) electrons. The van der Waals surface area contributed by atoms with Crippen LogP contribution in [0.25, 0.3) is 0 Å². The highest BCUT2D eigenvalue weighted by molar-refractivity contribution is 5.87. The van der Waals surface area contributed by atoms with Gasteiger partial charge in [0.25, 0.3) is 0 Å². The zero-order chi connectivity index (χ0) is 10.2. The van der Waals surface area contributed by atoms with Gasteiger partial charge in [0.1, 0.15) is 5.67 Å². The van der Waals surface area contributed by atoms with Crippen LogP contribution in [0.2, 0.25) is 0 Å². The number of hydrogen-bond donors (Lipinski definition) is 1. The van der Waals surface area contributed by atoms with Crippen molar-refractivity contribution in [2.24, 2.45) is 0 Å². The molecule has 3 aliphatic rings. The third kappa shape index (κ3) is 1.56. The normalized spacial score (nSPS) is 40.6. The summed E-state index contributed by atoms with van der Waals surface area (Å²) >= 11 is 0. The van der Waals surface area contributed by atoms with Crippen molar-refractivity contribution in [3.63, 3.8) is 0 Å². The van der Waals surface area contributed by atoms with Crippen LogP contribution in [-0.4, -0.2) is 17.1 Å². The summed E-state index contributed by atoms with van der Waals surface area (Å²) in [4.78, 5) is 11.2. The Labute approximate surface area is 83.6 Å². The van der Waals surface area contributed by atoms with E-state index in [1.54, 1.807) is 0 Å². The van der Waals surface area contributed by atoms with Gasteiger partial charge in [0, 0.05) is 5.54 Å². The van der Waals surface area contributed by atoms with E-state index in [9.17, 15) is 9.18 Å². The lowest BCUT2D eigenvalue weighted by Crippen LogP contribution is -2.57. The summed E-state index contributed by atoms with van der Waals surface area (Å²) < 4.78 is 13.8. The van der Waals surface area contributed by atoms with Gasteiger partial charge in [-0.1, -0.05) is 6.58 Å². The quantitative estimate of drug-likeness (QED) is 0.675.